The summed E-state index contributed by atoms with van der Waals surface area (Å²) in [5.41, 5.74) is 6.56. The van der Waals surface area contributed by atoms with Crippen LogP contribution in [0.15, 0.2) is 30.3 Å². The Bertz CT molecular complexity index is 848. The maximum atomic E-state index is 12.0. The third-order valence-electron chi connectivity index (χ3n) is 5.08. The van der Waals surface area contributed by atoms with Gasteiger partial charge >= 0.3 is 6.09 Å². The van der Waals surface area contributed by atoms with E-state index in [-0.39, 0.29) is 0 Å². The molecule has 2 aliphatic carbocycles. The molecule has 0 unspecified atom stereocenters. The van der Waals surface area contributed by atoms with Gasteiger partial charge in [0.05, 0.1) is 23.0 Å². The first-order valence-corrected chi connectivity index (χ1v) is 8.37. The lowest BCUT2D eigenvalue weighted by Crippen LogP contribution is -2.25. The molecule has 119 valence electrons. The minimum atomic E-state index is -1.24. The van der Waals surface area contributed by atoms with E-state index < -0.39 is 6.09 Å². The second-order valence-electron chi connectivity index (χ2n) is 6.47. The maximum Gasteiger partial charge on any atom is 0.462 e. The highest BCUT2D eigenvalue weighted by Crippen LogP contribution is 2.43. The lowest BCUT2D eigenvalue weighted by Gasteiger charge is -2.25. The van der Waals surface area contributed by atoms with Gasteiger partial charge in [-0.25, -0.2) is 14.8 Å². The van der Waals surface area contributed by atoms with Gasteiger partial charge in [0, 0.05) is 0 Å². The van der Waals surface area contributed by atoms with Gasteiger partial charge in [-0.05, 0) is 79.0 Å². The summed E-state index contributed by atoms with van der Waals surface area (Å²) in [7, 11) is 0. The lowest BCUT2D eigenvalue weighted by molar-refractivity contribution is 0.179. The number of fused-ring (bicyclic) bond motifs is 2. The molecule has 0 saturated heterocycles. The average Bonchev–Trinajstić information content (AvgIpc) is 3.23. The monoisotopic (exact) mass is 317 g/mol. The van der Waals surface area contributed by atoms with Crippen LogP contribution in [0.1, 0.15) is 40.7 Å². The van der Waals surface area contributed by atoms with Crippen LogP contribution in [0.4, 0.5) is 16.2 Å². The van der Waals surface area contributed by atoms with Crippen molar-refractivity contribution < 1.29 is 9.90 Å². The molecule has 0 aliphatic heterocycles. The van der Waals surface area contributed by atoms with Gasteiger partial charge in [-0.3, -0.25) is 0 Å². The number of nitrogens with zero attached hydrogens (tertiary/aromatic N) is 2. The fourth-order valence-corrected chi connectivity index (χ4v) is 4.10. The van der Waals surface area contributed by atoms with Crippen molar-refractivity contribution in [3.63, 3.8) is 0 Å². The van der Waals surface area contributed by atoms with Crippen LogP contribution < -0.4 is 4.90 Å². The van der Waals surface area contributed by atoms with E-state index in [1.807, 2.05) is 0 Å². The van der Waals surface area contributed by atoms with Gasteiger partial charge in [0.2, 0.25) is 0 Å². The van der Waals surface area contributed by atoms with E-state index in [0.29, 0.717) is 11.3 Å². The molecule has 4 nitrogen and oxygen atoms in total. The molecular formula is C20H17N2O2. The number of aryl methyl sites for hydroxylation is 2. The highest BCUT2D eigenvalue weighted by atomic mass is 16.4. The van der Waals surface area contributed by atoms with Crippen molar-refractivity contribution >= 4 is 17.5 Å². The van der Waals surface area contributed by atoms with Gasteiger partial charge in [0.1, 0.15) is 0 Å². The van der Waals surface area contributed by atoms with E-state index in [1.165, 1.54) is 16.0 Å². The van der Waals surface area contributed by atoms with E-state index in [2.05, 4.69) is 12.1 Å². The first-order chi connectivity index (χ1) is 11.7. The van der Waals surface area contributed by atoms with Crippen LogP contribution in [-0.2, 0) is 30.8 Å². The number of anilines is 2. The SMILES string of the molecule is N#Cc1cccc(N(C([O])=O)c2c3c(cc4c2CCC4)CCC3)c1. The number of hydrogen-bond acceptors (Lipinski definition) is 2. The molecule has 0 atom stereocenters. The molecule has 1 radical (unpaired) electrons. The molecule has 0 saturated carbocycles. The molecule has 0 aromatic heterocycles. The zero-order valence-corrected chi connectivity index (χ0v) is 13.3. The summed E-state index contributed by atoms with van der Waals surface area (Å²) >= 11 is 0. The predicted octanol–water partition coefficient (Wildman–Crippen LogP) is 4.22. The first kappa shape index (κ1) is 14.8. The fraction of sp³-hybridized carbons (Fsp3) is 0.300. The van der Waals surface area contributed by atoms with Crippen molar-refractivity contribution in [3.05, 3.63) is 58.1 Å². The van der Waals surface area contributed by atoms with Crippen molar-refractivity contribution in [2.24, 2.45) is 0 Å². The number of amides is 1. The summed E-state index contributed by atoms with van der Waals surface area (Å²) < 4.78 is 0. The van der Waals surface area contributed by atoms with Crippen LogP contribution in [0, 0.1) is 11.3 Å². The molecule has 4 rings (SSSR count). The summed E-state index contributed by atoms with van der Waals surface area (Å²) in [6.07, 6.45) is 4.71. The van der Waals surface area contributed by atoms with Crippen LogP contribution in [0.2, 0.25) is 0 Å². The van der Waals surface area contributed by atoms with E-state index in [0.717, 1.165) is 55.3 Å². The zero-order valence-electron chi connectivity index (χ0n) is 13.3. The summed E-state index contributed by atoms with van der Waals surface area (Å²) in [4.78, 5) is 13.3. The fourth-order valence-electron chi connectivity index (χ4n) is 4.10. The molecule has 4 heteroatoms. The highest BCUT2D eigenvalue weighted by Gasteiger charge is 2.31. The third kappa shape index (κ3) is 2.25. The number of hydrogen-bond donors (Lipinski definition) is 0. The van der Waals surface area contributed by atoms with Crippen LogP contribution in [0.3, 0.4) is 0 Å². The van der Waals surface area contributed by atoms with Gasteiger partial charge < -0.3 is 0 Å². The smallest absolute Gasteiger partial charge is 0.243 e. The molecule has 2 aliphatic rings. The maximum absolute atomic E-state index is 12.0. The molecule has 0 N–H and O–H groups in total. The van der Waals surface area contributed by atoms with Gasteiger partial charge in [-0.2, -0.15) is 5.26 Å². The Balaban J connectivity index is 1.95. The molecule has 1 amide bonds. The number of benzene rings is 2. The standard InChI is InChI=1S/C20H17N2O2/c21-12-13-4-1-7-16(10-13)22(20(23)24)19-17-8-2-5-14(17)11-15-6-3-9-18(15)19/h1,4,7,10-11H,2-3,5-6,8-9H2. The second-order valence-corrected chi connectivity index (χ2v) is 6.47. The first-order valence-electron chi connectivity index (χ1n) is 8.37. The third-order valence-corrected chi connectivity index (χ3v) is 5.08. The van der Waals surface area contributed by atoms with Gasteiger partial charge in [-0.1, -0.05) is 12.1 Å². The molecule has 24 heavy (non-hydrogen) atoms. The van der Waals surface area contributed by atoms with Gasteiger partial charge in [-0.15, -0.1) is 0 Å². The van der Waals surface area contributed by atoms with Gasteiger partial charge in [0.25, 0.3) is 0 Å². The summed E-state index contributed by atoms with van der Waals surface area (Å²) in [5, 5.41) is 21.2. The highest BCUT2D eigenvalue weighted by molar-refractivity contribution is 5.97. The van der Waals surface area contributed by atoms with Crippen LogP contribution in [0.5, 0.6) is 0 Å². The van der Waals surface area contributed by atoms with Crippen LogP contribution in [-0.4, -0.2) is 6.09 Å². The van der Waals surface area contributed by atoms with Crippen molar-refractivity contribution in [1.82, 2.24) is 0 Å². The zero-order chi connectivity index (χ0) is 16.7. The van der Waals surface area contributed by atoms with Crippen molar-refractivity contribution in [3.8, 4) is 6.07 Å². The summed E-state index contributed by atoms with van der Waals surface area (Å²) in [6.45, 7) is 0. The number of carbonyl (C=O) groups excluding carboxylic acids is 1. The predicted molar refractivity (Wildman–Crippen MR) is 89.9 cm³/mol. The number of carbonyl (C=O) groups is 1. The molecule has 0 spiro atoms. The van der Waals surface area contributed by atoms with E-state index in [1.54, 1.807) is 24.3 Å². The molecule has 2 aromatic rings. The van der Waals surface area contributed by atoms with Crippen molar-refractivity contribution in [2.75, 3.05) is 4.90 Å². The van der Waals surface area contributed by atoms with E-state index in [9.17, 15) is 9.90 Å². The van der Waals surface area contributed by atoms with Crippen LogP contribution >= 0.6 is 0 Å². The normalized spacial score (nSPS) is 14.8. The van der Waals surface area contributed by atoms with Crippen molar-refractivity contribution in [1.29, 1.82) is 5.26 Å². The Morgan fingerprint density at radius 2 is 1.67 bits per heavy atom. The molecule has 0 fully saturated rings. The van der Waals surface area contributed by atoms with E-state index in [4.69, 9.17) is 5.26 Å². The Morgan fingerprint density at radius 3 is 2.25 bits per heavy atom. The Kier molecular flexibility index (Phi) is 3.50. The van der Waals surface area contributed by atoms with Gasteiger partial charge in [0.15, 0.2) is 0 Å². The number of nitriles is 1. The quantitative estimate of drug-likeness (QED) is 0.832. The van der Waals surface area contributed by atoms with E-state index >= 15 is 0 Å². The Morgan fingerprint density at radius 1 is 1.00 bits per heavy atom. The topological polar surface area (TPSA) is 64.0 Å². The van der Waals surface area contributed by atoms with Crippen molar-refractivity contribution in [2.45, 2.75) is 38.5 Å². The largest absolute Gasteiger partial charge is 0.462 e. The molecular weight excluding hydrogens is 300 g/mol. The summed E-state index contributed by atoms with van der Waals surface area (Å²) in [6, 6.07) is 11.1. The number of rotatable bonds is 2. The average molecular weight is 317 g/mol. The Hall–Kier alpha value is -2.80. The minimum absolute atomic E-state index is 0.447. The molecule has 0 heterocycles. The van der Waals surface area contributed by atoms with Crippen LogP contribution in [0.25, 0.3) is 0 Å². The Labute approximate surface area is 141 Å². The molecule has 2 aromatic carbocycles. The second kappa shape index (κ2) is 5.68. The summed E-state index contributed by atoms with van der Waals surface area (Å²) in [5.74, 6) is 0. The minimum Gasteiger partial charge on any atom is -0.243 e. The lowest BCUT2D eigenvalue weighted by atomic mass is 9.97. The molecule has 0 bridgehead atoms.